The molecule has 1 N–H and O–H groups in total. The molecular weight excluding hydrogens is 407 g/mol. The summed E-state index contributed by atoms with van der Waals surface area (Å²) in [5, 5.41) is 8.83. The minimum absolute atomic E-state index is 0.0942. The number of carbonyl (C=O) groups excluding carboxylic acids is 1. The maximum absolute atomic E-state index is 13.9. The van der Waals surface area contributed by atoms with Crippen LogP contribution in [0.25, 0.3) is 16.2 Å². The number of benzene rings is 1. The molecule has 0 radical (unpaired) electrons. The van der Waals surface area contributed by atoms with Gasteiger partial charge in [0.2, 0.25) is 0 Å². The van der Waals surface area contributed by atoms with Crippen LogP contribution in [0.3, 0.4) is 0 Å². The van der Waals surface area contributed by atoms with E-state index in [1.807, 2.05) is 23.6 Å². The van der Waals surface area contributed by atoms with E-state index in [-0.39, 0.29) is 11.4 Å². The van der Waals surface area contributed by atoms with Crippen molar-refractivity contribution in [1.29, 1.82) is 0 Å². The van der Waals surface area contributed by atoms with Gasteiger partial charge >= 0.3 is 0 Å². The lowest BCUT2D eigenvalue weighted by Gasteiger charge is -2.04. The Morgan fingerprint density at radius 1 is 1.24 bits per heavy atom. The maximum atomic E-state index is 13.9. The van der Waals surface area contributed by atoms with E-state index in [9.17, 15) is 9.18 Å². The van der Waals surface area contributed by atoms with Crippen LogP contribution in [-0.4, -0.2) is 20.5 Å². The summed E-state index contributed by atoms with van der Waals surface area (Å²) in [7, 11) is 0. The average molecular weight is 417 g/mol. The second kappa shape index (κ2) is 6.38. The molecule has 0 unspecified atom stereocenters. The zero-order valence-corrected chi connectivity index (χ0v) is 15.0. The molecule has 0 saturated heterocycles. The lowest BCUT2D eigenvalue weighted by molar-refractivity contribution is 0.102. The Morgan fingerprint density at radius 2 is 2.12 bits per heavy atom. The fourth-order valence-electron chi connectivity index (χ4n) is 2.39. The van der Waals surface area contributed by atoms with Gasteiger partial charge in [-0.3, -0.25) is 4.79 Å². The van der Waals surface area contributed by atoms with E-state index in [4.69, 9.17) is 0 Å². The van der Waals surface area contributed by atoms with Gasteiger partial charge in [-0.1, -0.05) is 22.0 Å². The third-order valence-electron chi connectivity index (χ3n) is 3.54. The molecule has 3 heterocycles. The summed E-state index contributed by atoms with van der Waals surface area (Å²) in [6, 6.07) is 11.7. The van der Waals surface area contributed by atoms with Crippen LogP contribution in [0.5, 0.6) is 0 Å². The third kappa shape index (κ3) is 3.06. The van der Waals surface area contributed by atoms with Crippen LogP contribution in [0.2, 0.25) is 0 Å². The first kappa shape index (κ1) is 15.9. The lowest BCUT2D eigenvalue weighted by Crippen LogP contribution is -2.13. The summed E-state index contributed by atoms with van der Waals surface area (Å²) in [6.45, 7) is 0. The molecule has 4 aromatic rings. The highest BCUT2D eigenvalue weighted by Gasteiger charge is 2.16. The van der Waals surface area contributed by atoms with Crippen molar-refractivity contribution < 1.29 is 9.18 Å². The Balaban J connectivity index is 1.70. The molecule has 0 bridgehead atoms. The van der Waals surface area contributed by atoms with Crippen LogP contribution >= 0.6 is 27.3 Å². The molecule has 0 aliphatic carbocycles. The van der Waals surface area contributed by atoms with Crippen molar-refractivity contribution in [1.82, 2.24) is 14.6 Å². The van der Waals surface area contributed by atoms with E-state index in [1.165, 1.54) is 12.1 Å². The molecule has 0 atom stereocenters. The van der Waals surface area contributed by atoms with E-state index >= 15 is 0 Å². The van der Waals surface area contributed by atoms with Gasteiger partial charge in [0.05, 0.1) is 16.3 Å². The number of thiophene rings is 1. The summed E-state index contributed by atoms with van der Waals surface area (Å²) >= 11 is 4.75. The largest absolute Gasteiger partial charge is 0.318 e. The molecule has 25 heavy (non-hydrogen) atoms. The Bertz CT molecular complexity index is 1080. The number of fused-ring (bicyclic) bond motifs is 1. The Hall–Kier alpha value is -2.58. The average Bonchev–Trinajstić information content (AvgIpc) is 3.25. The number of halogens is 2. The molecule has 3 aromatic heterocycles. The Morgan fingerprint density at radius 3 is 2.88 bits per heavy atom. The zero-order valence-electron chi connectivity index (χ0n) is 12.6. The first-order valence-corrected chi connectivity index (χ1v) is 8.94. The van der Waals surface area contributed by atoms with Gasteiger partial charge in [0.1, 0.15) is 5.82 Å². The van der Waals surface area contributed by atoms with Crippen LogP contribution in [0.1, 0.15) is 10.5 Å². The van der Waals surface area contributed by atoms with Gasteiger partial charge in [0.15, 0.2) is 11.3 Å². The zero-order chi connectivity index (χ0) is 17.4. The van der Waals surface area contributed by atoms with Crippen molar-refractivity contribution in [3.05, 3.63) is 70.0 Å². The standard InChI is InChI=1S/C17H10BrFN4OS/c18-10-3-4-12(11(19)8-10)21-17(24)13-9-16-20-6-5-14(23(16)22-13)15-2-1-7-25-15/h1-9H,(H,21,24). The van der Waals surface area contributed by atoms with Crippen molar-refractivity contribution in [2.75, 3.05) is 5.32 Å². The topological polar surface area (TPSA) is 59.3 Å². The first-order valence-electron chi connectivity index (χ1n) is 7.27. The molecule has 0 aliphatic heterocycles. The number of hydrogen-bond donors (Lipinski definition) is 1. The quantitative estimate of drug-likeness (QED) is 0.530. The highest BCUT2D eigenvalue weighted by molar-refractivity contribution is 9.10. The minimum atomic E-state index is -0.524. The van der Waals surface area contributed by atoms with Crippen LogP contribution in [0.4, 0.5) is 10.1 Å². The van der Waals surface area contributed by atoms with Gasteiger partial charge in [-0.2, -0.15) is 5.10 Å². The van der Waals surface area contributed by atoms with Crippen LogP contribution in [0, 0.1) is 5.82 Å². The molecule has 0 fully saturated rings. The van der Waals surface area contributed by atoms with E-state index in [0.29, 0.717) is 10.1 Å². The van der Waals surface area contributed by atoms with Gasteiger partial charge in [0, 0.05) is 16.7 Å². The van der Waals surface area contributed by atoms with Crippen LogP contribution in [-0.2, 0) is 0 Å². The summed E-state index contributed by atoms with van der Waals surface area (Å²) in [5.74, 6) is -1.02. The maximum Gasteiger partial charge on any atom is 0.276 e. The van der Waals surface area contributed by atoms with Crippen LogP contribution in [0.15, 0.2) is 58.5 Å². The smallest absolute Gasteiger partial charge is 0.276 e. The molecule has 1 aromatic carbocycles. The van der Waals surface area contributed by atoms with E-state index < -0.39 is 11.7 Å². The number of amides is 1. The molecule has 124 valence electrons. The monoisotopic (exact) mass is 416 g/mol. The molecule has 0 aliphatic rings. The van der Waals surface area contributed by atoms with Gasteiger partial charge < -0.3 is 5.32 Å². The number of anilines is 1. The molecule has 0 saturated carbocycles. The number of nitrogens with zero attached hydrogens (tertiary/aromatic N) is 3. The molecule has 8 heteroatoms. The predicted molar refractivity (Wildman–Crippen MR) is 98.4 cm³/mol. The van der Waals surface area contributed by atoms with Gasteiger partial charge in [0.25, 0.3) is 5.91 Å². The fraction of sp³-hybridized carbons (Fsp3) is 0. The summed E-state index contributed by atoms with van der Waals surface area (Å²) < 4.78 is 16.1. The molecule has 5 nitrogen and oxygen atoms in total. The number of hydrogen-bond acceptors (Lipinski definition) is 4. The second-order valence-corrected chi connectivity index (χ2v) is 7.05. The number of rotatable bonds is 3. The SMILES string of the molecule is O=C(Nc1ccc(Br)cc1F)c1cc2nccc(-c3cccs3)n2n1. The molecule has 0 spiro atoms. The fourth-order valence-corrected chi connectivity index (χ4v) is 3.46. The lowest BCUT2D eigenvalue weighted by atomic mass is 10.3. The number of carbonyl (C=O) groups is 1. The first-order chi connectivity index (χ1) is 12.1. The van der Waals surface area contributed by atoms with Crippen molar-refractivity contribution >= 4 is 44.5 Å². The van der Waals surface area contributed by atoms with E-state index in [2.05, 4.69) is 31.3 Å². The molecule has 4 rings (SSSR count). The highest BCUT2D eigenvalue weighted by atomic mass is 79.9. The van der Waals surface area contributed by atoms with Gasteiger partial charge in [-0.15, -0.1) is 11.3 Å². The van der Waals surface area contributed by atoms with Crippen LogP contribution < -0.4 is 5.32 Å². The number of aromatic nitrogens is 3. The van der Waals surface area contributed by atoms with Crippen molar-refractivity contribution in [3.63, 3.8) is 0 Å². The predicted octanol–water partition coefficient (Wildman–Crippen LogP) is 4.61. The molecular formula is C17H10BrFN4OS. The van der Waals surface area contributed by atoms with Crippen molar-refractivity contribution in [3.8, 4) is 10.6 Å². The highest BCUT2D eigenvalue weighted by Crippen LogP contribution is 2.25. The summed E-state index contributed by atoms with van der Waals surface area (Å²) in [4.78, 5) is 17.7. The van der Waals surface area contributed by atoms with Crippen molar-refractivity contribution in [2.24, 2.45) is 0 Å². The Kier molecular flexibility index (Phi) is 4.06. The Labute approximate surface area is 154 Å². The van der Waals surface area contributed by atoms with E-state index in [1.54, 1.807) is 34.2 Å². The summed E-state index contributed by atoms with van der Waals surface area (Å²) in [5.41, 5.74) is 1.65. The summed E-state index contributed by atoms with van der Waals surface area (Å²) in [6.07, 6.45) is 1.67. The van der Waals surface area contributed by atoms with Gasteiger partial charge in [-0.05, 0) is 35.7 Å². The second-order valence-electron chi connectivity index (χ2n) is 5.19. The molecule has 1 amide bonds. The third-order valence-corrected chi connectivity index (χ3v) is 4.93. The van der Waals surface area contributed by atoms with Crippen molar-refractivity contribution in [2.45, 2.75) is 0 Å². The van der Waals surface area contributed by atoms with E-state index in [0.717, 1.165) is 10.6 Å². The minimum Gasteiger partial charge on any atom is -0.318 e. The normalized spacial score (nSPS) is 11.0. The number of nitrogens with one attached hydrogen (secondary N) is 1. The van der Waals surface area contributed by atoms with Gasteiger partial charge in [-0.25, -0.2) is 13.9 Å².